The maximum absolute atomic E-state index is 6.13. The zero-order chi connectivity index (χ0) is 17.1. The fraction of sp³-hybridized carbons (Fsp3) is 0.0476. The molecule has 0 saturated carbocycles. The van der Waals surface area contributed by atoms with Crippen LogP contribution in [-0.2, 0) is 6.61 Å². The lowest BCUT2D eigenvalue weighted by Crippen LogP contribution is -1.94. The van der Waals surface area contributed by atoms with E-state index in [2.05, 4.69) is 52.9 Å². The van der Waals surface area contributed by atoms with Crippen molar-refractivity contribution in [2.45, 2.75) is 6.61 Å². The van der Waals surface area contributed by atoms with Gasteiger partial charge in [-0.1, -0.05) is 42.5 Å². The standard InChI is InChI=1S/C21H15IO2S/c22-21-20(18-8-4-5-9-19(18)25-21)24-17-12-10-16(11-13-17)23-14-15-6-2-1-3-7-15/h1-13H,14H2. The number of ether oxygens (including phenoxy) is 2. The topological polar surface area (TPSA) is 18.5 Å². The van der Waals surface area contributed by atoms with Gasteiger partial charge >= 0.3 is 0 Å². The molecule has 0 aliphatic rings. The minimum atomic E-state index is 0.564. The van der Waals surface area contributed by atoms with Crippen molar-refractivity contribution >= 4 is 44.0 Å². The molecule has 0 N–H and O–H groups in total. The summed E-state index contributed by atoms with van der Waals surface area (Å²) >= 11 is 4.08. The van der Waals surface area contributed by atoms with Crippen molar-refractivity contribution in [3.8, 4) is 17.2 Å². The summed E-state index contributed by atoms with van der Waals surface area (Å²) in [5.74, 6) is 2.58. The molecule has 0 unspecified atom stereocenters. The number of hydrogen-bond donors (Lipinski definition) is 0. The number of rotatable bonds is 5. The van der Waals surface area contributed by atoms with Crippen molar-refractivity contribution in [1.29, 1.82) is 0 Å². The molecule has 0 fully saturated rings. The van der Waals surface area contributed by atoms with Crippen LogP contribution in [0, 0.1) is 2.88 Å². The molecular weight excluding hydrogens is 443 g/mol. The minimum absolute atomic E-state index is 0.564. The smallest absolute Gasteiger partial charge is 0.159 e. The van der Waals surface area contributed by atoms with E-state index in [-0.39, 0.29) is 0 Å². The Balaban J connectivity index is 1.47. The average molecular weight is 458 g/mol. The van der Waals surface area contributed by atoms with Gasteiger partial charge in [0.05, 0.1) is 0 Å². The van der Waals surface area contributed by atoms with Crippen LogP contribution in [0.1, 0.15) is 5.56 Å². The van der Waals surface area contributed by atoms with Crippen LogP contribution in [0.4, 0.5) is 0 Å². The Kier molecular flexibility index (Phi) is 4.90. The fourth-order valence-corrected chi connectivity index (χ4v) is 4.52. The second-order valence-corrected chi connectivity index (χ2v) is 8.41. The Bertz CT molecular complexity index is 978. The summed E-state index contributed by atoms with van der Waals surface area (Å²) in [6.45, 7) is 0.564. The molecule has 1 aromatic heterocycles. The Morgan fingerprint density at radius 1 is 0.760 bits per heavy atom. The monoisotopic (exact) mass is 458 g/mol. The first-order chi connectivity index (χ1) is 12.3. The molecule has 124 valence electrons. The van der Waals surface area contributed by atoms with E-state index in [0.29, 0.717) is 6.61 Å². The molecule has 25 heavy (non-hydrogen) atoms. The largest absolute Gasteiger partial charge is 0.489 e. The Labute approximate surface area is 164 Å². The molecule has 0 saturated heterocycles. The second-order valence-electron chi connectivity index (χ2n) is 5.55. The highest BCUT2D eigenvalue weighted by atomic mass is 127. The van der Waals surface area contributed by atoms with E-state index in [4.69, 9.17) is 9.47 Å². The van der Waals surface area contributed by atoms with E-state index < -0.39 is 0 Å². The van der Waals surface area contributed by atoms with Crippen LogP contribution in [0.2, 0.25) is 0 Å². The van der Waals surface area contributed by atoms with Crippen molar-refractivity contribution < 1.29 is 9.47 Å². The Morgan fingerprint density at radius 3 is 2.24 bits per heavy atom. The van der Waals surface area contributed by atoms with Gasteiger partial charge in [-0.15, -0.1) is 11.3 Å². The quantitative estimate of drug-likeness (QED) is 0.304. The molecule has 0 atom stereocenters. The SMILES string of the molecule is Ic1sc2ccccc2c1Oc1ccc(OCc2ccccc2)cc1. The van der Waals surface area contributed by atoms with Crippen molar-refractivity contribution in [3.05, 3.63) is 87.3 Å². The molecule has 0 aliphatic heterocycles. The van der Waals surface area contributed by atoms with Crippen LogP contribution in [-0.4, -0.2) is 0 Å². The molecule has 4 heteroatoms. The maximum Gasteiger partial charge on any atom is 0.159 e. The van der Waals surface area contributed by atoms with Gasteiger partial charge in [-0.05, 0) is 64.6 Å². The van der Waals surface area contributed by atoms with Crippen molar-refractivity contribution in [3.63, 3.8) is 0 Å². The summed E-state index contributed by atoms with van der Waals surface area (Å²) in [6, 6.07) is 26.2. The number of thiophene rings is 1. The molecule has 0 amide bonds. The van der Waals surface area contributed by atoms with Crippen LogP contribution in [0.3, 0.4) is 0 Å². The van der Waals surface area contributed by atoms with E-state index >= 15 is 0 Å². The van der Waals surface area contributed by atoms with Gasteiger partial charge in [0.1, 0.15) is 21.0 Å². The van der Waals surface area contributed by atoms with E-state index in [1.54, 1.807) is 11.3 Å². The van der Waals surface area contributed by atoms with E-state index in [9.17, 15) is 0 Å². The highest BCUT2D eigenvalue weighted by Crippen LogP contribution is 2.40. The number of fused-ring (bicyclic) bond motifs is 1. The predicted molar refractivity (Wildman–Crippen MR) is 112 cm³/mol. The predicted octanol–water partition coefficient (Wildman–Crippen LogP) is 6.88. The van der Waals surface area contributed by atoms with Crippen LogP contribution >= 0.6 is 33.9 Å². The molecule has 0 bridgehead atoms. The molecule has 4 rings (SSSR count). The zero-order valence-electron chi connectivity index (χ0n) is 13.3. The first kappa shape index (κ1) is 16.4. The Morgan fingerprint density at radius 2 is 1.44 bits per heavy atom. The first-order valence-corrected chi connectivity index (χ1v) is 9.81. The molecule has 3 aromatic carbocycles. The molecular formula is C21H15IO2S. The lowest BCUT2D eigenvalue weighted by molar-refractivity contribution is 0.306. The summed E-state index contributed by atoms with van der Waals surface area (Å²) in [5.41, 5.74) is 1.15. The number of hydrogen-bond acceptors (Lipinski definition) is 3. The Hall–Kier alpha value is -2.05. The molecule has 0 radical (unpaired) electrons. The van der Waals surface area contributed by atoms with Crippen LogP contribution in [0.5, 0.6) is 17.2 Å². The molecule has 4 aromatic rings. The van der Waals surface area contributed by atoms with Gasteiger partial charge in [0.25, 0.3) is 0 Å². The summed E-state index contributed by atoms with van der Waals surface area (Å²) in [4.78, 5) is 0. The third-order valence-electron chi connectivity index (χ3n) is 3.80. The highest BCUT2D eigenvalue weighted by Gasteiger charge is 2.12. The molecule has 1 heterocycles. The van der Waals surface area contributed by atoms with Crippen molar-refractivity contribution in [2.24, 2.45) is 0 Å². The third kappa shape index (κ3) is 3.80. The van der Waals surface area contributed by atoms with Crippen LogP contribution in [0.15, 0.2) is 78.9 Å². The second kappa shape index (κ2) is 7.45. The highest BCUT2D eigenvalue weighted by molar-refractivity contribution is 14.1. The summed E-state index contributed by atoms with van der Waals surface area (Å²) in [6.07, 6.45) is 0. The van der Waals surface area contributed by atoms with E-state index in [1.165, 1.54) is 4.70 Å². The van der Waals surface area contributed by atoms with E-state index in [0.717, 1.165) is 31.1 Å². The van der Waals surface area contributed by atoms with Gasteiger partial charge in [-0.25, -0.2) is 0 Å². The minimum Gasteiger partial charge on any atom is -0.489 e. The summed E-state index contributed by atoms with van der Waals surface area (Å²) < 4.78 is 14.3. The summed E-state index contributed by atoms with van der Waals surface area (Å²) in [7, 11) is 0. The first-order valence-electron chi connectivity index (χ1n) is 7.91. The molecule has 0 aliphatic carbocycles. The third-order valence-corrected chi connectivity index (χ3v) is 5.89. The van der Waals surface area contributed by atoms with Gasteiger partial charge in [-0.3, -0.25) is 0 Å². The number of halogens is 1. The van der Waals surface area contributed by atoms with Gasteiger partial charge in [0.15, 0.2) is 5.75 Å². The van der Waals surface area contributed by atoms with Crippen molar-refractivity contribution in [2.75, 3.05) is 0 Å². The lowest BCUT2D eigenvalue weighted by Gasteiger charge is -2.09. The molecule has 0 spiro atoms. The van der Waals surface area contributed by atoms with Crippen molar-refractivity contribution in [1.82, 2.24) is 0 Å². The van der Waals surface area contributed by atoms with Gasteiger partial charge in [0, 0.05) is 10.1 Å². The normalized spacial score (nSPS) is 10.8. The lowest BCUT2D eigenvalue weighted by atomic mass is 10.2. The van der Waals surface area contributed by atoms with Gasteiger partial charge in [0.2, 0.25) is 0 Å². The fourth-order valence-electron chi connectivity index (χ4n) is 2.55. The van der Waals surface area contributed by atoms with E-state index in [1.807, 2.05) is 48.5 Å². The zero-order valence-corrected chi connectivity index (χ0v) is 16.3. The molecule has 2 nitrogen and oxygen atoms in total. The van der Waals surface area contributed by atoms with Gasteiger partial charge < -0.3 is 9.47 Å². The van der Waals surface area contributed by atoms with Crippen LogP contribution < -0.4 is 9.47 Å². The van der Waals surface area contributed by atoms with Gasteiger partial charge in [-0.2, -0.15) is 0 Å². The maximum atomic E-state index is 6.13. The van der Waals surface area contributed by atoms with Crippen LogP contribution in [0.25, 0.3) is 10.1 Å². The summed E-state index contributed by atoms with van der Waals surface area (Å²) in [5, 5.41) is 1.15. The number of benzene rings is 3. The average Bonchev–Trinajstić information content (AvgIpc) is 2.97.